The first-order chi connectivity index (χ1) is 14.1. The smallest absolute Gasteiger partial charge is 0.343 e. The van der Waals surface area contributed by atoms with Gasteiger partial charge in [-0.1, -0.05) is 31.0 Å². The third-order valence-electron chi connectivity index (χ3n) is 6.21. The summed E-state index contributed by atoms with van der Waals surface area (Å²) in [6.45, 7) is 1.52. The average molecular weight is 415 g/mol. The number of thioether (sulfide) groups is 1. The number of benzene rings is 1. The van der Waals surface area contributed by atoms with Crippen LogP contribution in [0.1, 0.15) is 62.7 Å². The Hall–Kier alpha value is -2.02. The highest BCUT2D eigenvalue weighted by Gasteiger charge is 2.31. The number of hydrogen-bond acceptors (Lipinski definition) is 4. The van der Waals surface area contributed by atoms with Crippen molar-refractivity contribution in [3.63, 3.8) is 0 Å². The number of amides is 1. The van der Waals surface area contributed by atoms with Gasteiger partial charge in [0.05, 0.1) is 0 Å². The summed E-state index contributed by atoms with van der Waals surface area (Å²) in [4.78, 5) is 28.4. The molecule has 2 fully saturated rings. The van der Waals surface area contributed by atoms with Crippen LogP contribution in [0.2, 0.25) is 0 Å². The number of likely N-dealkylation sites (tertiary alicyclic amines) is 1. The van der Waals surface area contributed by atoms with Gasteiger partial charge in [-0.05, 0) is 37.8 Å². The van der Waals surface area contributed by atoms with Crippen LogP contribution in [0.25, 0.3) is 0 Å². The molecule has 1 amide bonds. The van der Waals surface area contributed by atoms with Crippen molar-refractivity contribution in [1.29, 1.82) is 0 Å². The molecule has 2 aliphatic rings. The Bertz CT molecular complexity index is 878. The number of carbonyl (C=O) groups is 1. The maximum absolute atomic E-state index is 12.6. The van der Waals surface area contributed by atoms with Crippen molar-refractivity contribution < 1.29 is 4.79 Å². The molecular formula is C22H30N4O2S. The van der Waals surface area contributed by atoms with Crippen molar-refractivity contribution in [1.82, 2.24) is 19.2 Å². The summed E-state index contributed by atoms with van der Waals surface area (Å²) in [6, 6.07) is 10.5. The Labute approximate surface area is 176 Å². The highest BCUT2D eigenvalue weighted by Crippen LogP contribution is 2.33. The van der Waals surface area contributed by atoms with Gasteiger partial charge in [0, 0.05) is 49.2 Å². The molecule has 1 aromatic carbocycles. The molecule has 0 N–H and O–H groups in total. The quantitative estimate of drug-likeness (QED) is 0.678. The summed E-state index contributed by atoms with van der Waals surface area (Å²) in [7, 11) is 1.75. The Morgan fingerprint density at radius 2 is 1.79 bits per heavy atom. The molecule has 4 rings (SSSR count). The molecule has 1 aromatic heterocycles. The number of nitrogens with zero attached hydrogens (tertiary/aromatic N) is 4. The second kappa shape index (κ2) is 9.20. The highest BCUT2D eigenvalue weighted by molar-refractivity contribution is 7.99. The monoisotopic (exact) mass is 414 g/mol. The number of carbonyl (C=O) groups excluding carboxylic acids is 1. The number of hydrogen-bond donors (Lipinski definition) is 0. The second-order valence-electron chi connectivity index (χ2n) is 8.14. The Morgan fingerprint density at radius 1 is 1.10 bits per heavy atom. The summed E-state index contributed by atoms with van der Waals surface area (Å²) < 4.78 is 3.46. The van der Waals surface area contributed by atoms with Gasteiger partial charge in [0.1, 0.15) is 5.82 Å². The van der Waals surface area contributed by atoms with E-state index in [1.165, 1.54) is 22.4 Å². The van der Waals surface area contributed by atoms with Crippen LogP contribution >= 0.6 is 11.8 Å². The predicted molar refractivity (Wildman–Crippen MR) is 115 cm³/mol. The SMILES string of the molecule is Cn1nc(C2CCN(C(=O)CCSc3ccccc3)CC2)n(C2CCCC2)c1=O. The lowest BCUT2D eigenvalue weighted by molar-refractivity contribution is -0.131. The molecule has 0 unspecified atom stereocenters. The maximum Gasteiger partial charge on any atom is 0.345 e. The van der Waals surface area contributed by atoms with E-state index < -0.39 is 0 Å². The van der Waals surface area contributed by atoms with Crippen LogP contribution in [0.15, 0.2) is 40.0 Å². The Balaban J connectivity index is 1.32. The fourth-order valence-corrected chi connectivity index (χ4v) is 5.46. The van der Waals surface area contributed by atoms with Gasteiger partial charge in [0.15, 0.2) is 0 Å². The summed E-state index contributed by atoms with van der Waals surface area (Å²) in [5.74, 6) is 2.26. The van der Waals surface area contributed by atoms with E-state index in [0.29, 0.717) is 12.5 Å². The molecule has 29 heavy (non-hydrogen) atoms. The summed E-state index contributed by atoms with van der Waals surface area (Å²) in [5, 5.41) is 4.59. The zero-order chi connectivity index (χ0) is 20.2. The standard InChI is InChI=1S/C22H30N4O2S/c1-24-22(28)26(18-7-5-6-8-18)21(23-24)17-11-14-25(15-12-17)20(27)13-16-29-19-9-3-2-4-10-19/h2-4,9-10,17-18H,5-8,11-16H2,1H3. The van der Waals surface area contributed by atoms with Crippen LogP contribution in [-0.4, -0.2) is 44.0 Å². The number of aromatic nitrogens is 3. The first-order valence-corrected chi connectivity index (χ1v) is 11.7. The summed E-state index contributed by atoms with van der Waals surface area (Å²) in [5.41, 5.74) is 0.0170. The minimum absolute atomic E-state index is 0.0170. The second-order valence-corrected chi connectivity index (χ2v) is 9.31. The lowest BCUT2D eigenvalue weighted by atomic mass is 9.95. The maximum atomic E-state index is 12.6. The molecule has 1 aliphatic heterocycles. The highest BCUT2D eigenvalue weighted by atomic mass is 32.2. The minimum Gasteiger partial charge on any atom is -0.343 e. The zero-order valence-corrected chi connectivity index (χ0v) is 17.9. The van der Waals surface area contributed by atoms with Gasteiger partial charge in [0.2, 0.25) is 5.91 Å². The third-order valence-corrected chi connectivity index (χ3v) is 7.23. The third kappa shape index (κ3) is 4.60. The van der Waals surface area contributed by atoms with Gasteiger partial charge >= 0.3 is 5.69 Å². The van der Waals surface area contributed by atoms with Crippen LogP contribution < -0.4 is 5.69 Å². The molecule has 2 aromatic rings. The van der Waals surface area contributed by atoms with Crippen molar-refractivity contribution in [2.45, 2.75) is 61.8 Å². The Morgan fingerprint density at radius 3 is 2.48 bits per heavy atom. The van der Waals surface area contributed by atoms with E-state index in [0.717, 1.165) is 50.4 Å². The molecule has 0 bridgehead atoms. The summed E-state index contributed by atoms with van der Waals surface area (Å²) in [6.07, 6.45) is 6.89. The number of rotatable bonds is 6. The van der Waals surface area contributed by atoms with Crippen molar-refractivity contribution in [3.8, 4) is 0 Å². The molecule has 1 saturated heterocycles. The molecule has 2 heterocycles. The summed E-state index contributed by atoms with van der Waals surface area (Å²) >= 11 is 1.73. The van der Waals surface area contributed by atoms with E-state index in [9.17, 15) is 9.59 Å². The van der Waals surface area contributed by atoms with Crippen molar-refractivity contribution in [2.24, 2.45) is 7.05 Å². The van der Waals surface area contributed by atoms with Gasteiger partial charge in [-0.15, -0.1) is 11.8 Å². The van der Waals surface area contributed by atoms with Gasteiger partial charge in [-0.2, -0.15) is 5.10 Å². The van der Waals surface area contributed by atoms with Crippen LogP contribution in [0.5, 0.6) is 0 Å². The first kappa shape index (κ1) is 20.3. The van der Waals surface area contributed by atoms with Gasteiger partial charge in [-0.25, -0.2) is 9.48 Å². The lowest BCUT2D eigenvalue weighted by Gasteiger charge is -2.32. The predicted octanol–water partition coefficient (Wildman–Crippen LogP) is 3.59. The van der Waals surface area contributed by atoms with Crippen molar-refractivity contribution in [3.05, 3.63) is 46.6 Å². The fraction of sp³-hybridized carbons (Fsp3) is 0.591. The molecule has 0 spiro atoms. The Kier molecular flexibility index (Phi) is 6.43. The fourth-order valence-electron chi connectivity index (χ4n) is 4.60. The van der Waals surface area contributed by atoms with E-state index in [1.54, 1.807) is 18.8 Å². The molecule has 0 radical (unpaired) electrons. The van der Waals surface area contributed by atoms with Gasteiger partial charge < -0.3 is 4.90 Å². The first-order valence-electron chi connectivity index (χ1n) is 10.7. The topological polar surface area (TPSA) is 60.1 Å². The van der Waals surface area contributed by atoms with E-state index in [2.05, 4.69) is 17.2 Å². The normalized spacial score (nSPS) is 18.4. The number of aryl methyl sites for hydroxylation is 1. The molecular weight excluding hydrogens is 384 g/mol. The van der Waals surface area contributed by atoms with E-state index in [-0.39, 0.29) is 17.5 Å². The molecule has 0 atom stereocenters. The minimum atomic E-state index is 0.0170. The molecule has 1 saturated carbocycles. The largest absolute Gasteiger partial charge is 0.345 e. The van der Waals surface area contributed by atoms with Gasteiger partial charge in [-0.3, -0.25) is 9.36 Å². The van der Waals surface area contributed by atoms with Gasteiger partial charge in [0.25, 0.3) is 0 Å². The van der Waals surface area contributed by atoms with E-state index >= 15 is 0 Å². The molecule has 1 aliphatic carbocycles. The lowest BCUT2D eigenvalue weighted by Crippen LogP contribution is -2.39. The van der Waals surface area contributed by atoms with Crippen LogP contribution in [0.3, 0.4) is 0 Å². The number of piperidine rings is 1. The molecule has 7 heteroatoms. The van der Waals surface area contributed by atoms with E-state index in [1.807, 2.05) is 27.7 Å². The molecule has 156 valence electrons. The van der Waals surface area contributed by atoms with Crippen LogP contribution in [0.4, 0.5) is 0 Å². The van der Waals surface area contributed by atoms with Crippen LogP contribution in [-0.2, 0) is 11.8 Å². The zero-order valence-electron chi connectivity index (χ0n) is 17.1. The van der Waals surface area contributed by atoms with Crippen molar-refractivity contribution >= 4 is 17.7 Å². The van der Waals surface area contributed by atoms with E-state index in [4.69, 9.17) is 0 Å². The van der Waals surface area contributed by atoms with Crippen LogP contribution in [0, 0.1) is 0 Å². The van der Waals surface area contributed by atoms with Crippen molar-refractivity contribution in [2.75, 3.05) is 18.8 Å². The molecule has 6 nitrogen and oxygen atoms in total. The average Bonchev–Trinajstić information content (AvgIpc) is 3.37.